The number of ether oxygens (including phenoxy) is 4. The van der Waals surface area contributed by atoms with Gasteiger partial charge in [0, 0.05) is 19.1 Å². The summed E-state index contributed by atoms with van der Waals surface area (Å²) in [5, 5.41) is 8.85. The standard InChI is InChI=1S/C17H27BN2O5/c1-2-8-22-10-12-24-14-15-25-13-11-23-9-3-17(21)20-6-4-18(16-19)5-7-20/h1H,3-15H2. The second-order valence-corrected chi connectivity index (χ2v) is 5.63. The summed E-state index contributed by atoms with van der Waals surface area (Å²) in [6.45, 7) is 5.03. The summed E-state index contributed by atoms with van der Waals surface area (Å²) in [6.07, 6.45) is 6.96. The van der Waals surface area contributed by atoms with E-state index in [1.54, 1.807) is 0 Å². The normalized spacial score (nSPS) is 14.2. The van der Waals surface area contributed by atoms with Gasteiger partial charge < -0.3 is 23.8 Å². The molecule has 8 heteroatoms. The van der Waals surface area contributed by atoms with Crippen molar-refractivity contribution < 1.29 is 23.7 Å². The summed E-state index contributed by atoms with van der Waals surface area (Å²) in [5.74, 6) is 4.74. The number of carbonyl (C=O) groups is 1. The van der Waals surface area contributed by atoms with Gasteiger partial charge in [-0.1, -0.05) is 5.92 Å². The molecule has 1 rings (SSSR count). The summed E-state index contributed by atoms with van der Waals surface area (Å²) < 4.78 is 21.1. The first-order valence-corrected chi connectivity index (χ1v) is 8.69. The Bertz CT molecular complexity index is 441. The molecule has 0 aromatic carbocycles. The molecule has 0 N–H and O–H groups in total. The summed E-state index contributed by atoms with van der Waals surface area (Å²) >= 11 is 0. The first-order valence-electron chi connectivity index (χ1n) is 8.69. The van der Waals surface area contributed by atoms with Crippen LogP contribution in [0.5, 0.6) is 0 Å². The van der Waals surface area contributed by atoms with Crippen molar-refractivity contribution in [1.29, 1.82) is 5.26 Å². The number of hydrogen-bond donors (Lipinski definition) is 0. The van der Waals surface area contributed by atoms with Gasteiger partial charge in [0.25, 0.3) is 6.71 Å². The van der Waals surface area contributed by atoms with E-state index in [9.17, 15) is 4.79 Å². The van der Waals surface area contributed by atoms with Crippen LogP contribution in [0.2, 0.25) is 12.6 Å². The maximum atomic E-state index is 12.0. The van der Waals surface area contributed by atoms with Crippen LogP contribution >= 0.6 is 0 Å². The molecule has 0 unspecified atom stereocenters. The van der Waals surface area contributed by atoms with E-state index in [1.807, 2.05) is 4.90 Å². The van der Waals surface area contributed by atoms with Crippen LogP contribution < -0.4 is 0 Å². The Kier molecular flexibility index (Phi) is 12.7. The highest BCUT2D eigenvalue weighted by Crippen LogP contribution is 2.11. The minimum absolute atomic E-state index is 0.0944. The number of nitriles is 1. The van der Waals surface area contributed by atoms with Crippen LogP contribution in [0.3, 0.4) is 0 Å². The predicted molar refractivity (Wildman–Crippen MR) is 94.3 cm³/mol. The van der Waals surface area contributed by atoms with E-state index < -0.39 is 0 Å². The molecule has 1 aliphatic rings. The Morgan fingerprint density at radius 2 is 1.48 bits per heavy atom. The van der Waals surface area contributed by atoms with Crippen LogP contribution in [0.25, 0.3) is 0 Å². The van der Waals surface area contributed by atoms with Crippen molar-refractivity contribution >= 4 is 12.6 Å². The van der Waals surface area contributed by atoms with Gasteiger partial charge in [-0.05, 0) is 12.6 Å². The molecule has 0 aliphatic carbocycles. The molecule has 1 aliphatic heterocycles. The third-order valence-corrected chi connectivity index (χ3v) is 3.79. The Balaban J connectivity index is 1.84. The van der Waals surface area contributed by atoms with E-state index in [2.05, 4.69) is 11.9 Å². The van der Waals surface area contributed by atoms with Crippen molar-refractivity contribution in [3.63, 3.8) is 0 Å². The van der Waals surface area contributed by atoms with Gasteiger partial charge in [-0.25, -0.2) is 5.26 Å². The molecule has 0 saturated carbocycles. The van der Waals surface area contributed by atoms with Crippen LogP contribution in [0.15, 0.2) is 0 Å². The van der Waals surface area contributed by atoms with Crippen molar-refractivity contribution in [3.05, 3.63) is 0 Å². The second kappa shape index (κ2) is 14.7. The molecule has 0 radical (unpaired) electrons. The van der Waals surface area contributed by atoms with Crippen LogP contribution in [0, 0.1) is 23.6 Å². The van der Waals surface area contributed by atoms with E-state index in [1.165, 1.54) is 0 Å². The smallest absolute Gasteiger partial charge is 0.271 e. The number of carbonyl (C=O) groups excluding carboxylic acids is 1. The highest BCUT2D eigenvalue weighted by atomic mass is 16.6. The zero-order valence-corrected chi connectivity index (χ0v) is 14.8. The summed E-state index contributed by atoms with van der Waals surface area (Å²) in [5.41, 5.74) is 0. The molecule has 1 amide bonds. The maximum Gasteiger partial charge on any atom is 0.271 e. The maximum absolute atomic E-state index is 12.0. The Labute approximate surface area is 150 Å². The lowest BCUT2D eigenvalue weighted by molar-refractivity contribution is -0.132. The molecule has 138 valence electrons. The van der Waals surface area contributed by atoms with E-state index in [0.29, 0.717) is 72.4 Å². The van der Waals surface area contributed by atoms with Gasteiger partial charge in [-0.3, -0.25) is 4.79 Å². The molecule has 25 heavy (non-hydrogen) atoms. The summed E-state index contributed by atoms with van der Waals surface area (Å²) in [6, 6.07) is 0. The topological polar surface area (TPSA) is 81.0 Å². The van der Waals surface area contributed by atoms with Gasteiger partial charge in [0.05, 0.1) is 52.7 Å². The molecule has 1 saturated heterocycles. The molecular formula is C17H27BN2O5. The van der Waals surface area contributed by atoms with Gasteiger partial charge in [0.2, 0.25) is 5.91 Å². The molecule has 0 spiro atoms. The number of rotatable bonds is 13. The highest BCUT2D eigenvalue weighted by molar-refractivity contribution is 6.67. The van der Waals surface area contributed by atoms with Gasteiger partial charge in [0.1, 0.15) is 6.61 Å². The van der Waals surface area contributed by atoms with E-state index in [0.717, 1.165) is 12.6 Å². The molecule has 0 aromatic rings. The molecule has 7 nitrogen and oxygen atoms in total. The van der Waals surface area contributed by atoms with Gasteiger partial charge in [0.15, 0.2) is 0 Å². The van der Waals surface area contributed by atoms with Gasteiger partial charge >= 0.3 is 0 Å². The van der Waals surface area contributed by atoms with Crippen molar-refractivity contribution in [2.75, 3.05) is 65.9 Å². The van der Waals surface area contributed by atoms with Crippen LogP contribution in [0.4, 0.5) is 0 Å². The molecule has 1 fully saturated rings. The lowest BCUT2D eigenvalue weighted by Gasteiger charge is -2.27. The van der Waals surface area contributed by atoms with Crippen molar-refractivity contribution in [2.24, 2.45) is 0 Å². The Morgan fingerprint density at radius 1 is 0.960 bits per heavy atom. The number of amides is 1. The van der Waals surface area contributed by atoms with Crippen LogP contribution in [0.1, 0.15) is 6.42 Å². The fraction of sp³-hybridized carbons (Fsp3) is 0.765. The lowest BCUT2D eigenvalue weighted by Crippen LogP contribution is -2.40. The molecule has 0 atom stereocenters. The first kappa shape index (κ1) is 21.5. The fourth-order valence-corrected chi connectivity index (χ4v) is 2.37. The minimum atomic E-state index is 0.0944. The zero-order valence-electron chi connectivity index (χ0n) is 14.8. The van der Waals surface area contributed by atoms with E-state index in [4.69, 9.17) is 30.6 Å². The Morgan fingerprint density at radius 3 is 2.00 bits per heavy atom. The van der Waals surface area contributed by atoms with Crippen LogP contribution in [-0.4, -0.2) is 83.5 Å². The number of nitrogens with zero attached hydrogens (tertiary/aromatic N) is 2. The SMILES string of the molecule is C#CCOCCOCCOCCOCCC(=O)N1CCB(C#N)CC1. The zero-order chi connectivity index (χ0) is 18.2. The first-order chi connectivity index (χ1) is 12.3. The quantitative estimate of drug-likeness (QED) is 0.273. The van der Waals surface area contributed by atoms with Gasteiger partial charge in [-0.15, -0.1) is 6.42 Å². The second-order valence-electron chi connectivity index (χ2n) is 5.63. The van der Waals surface area contributed by atoms with Crippen LogP contribution in [-0.2, 0) is 23.7 Å². The monoisotopic (exact) mass is 350 g/mol. The average Bonchev–Trinajstić information content (AvgIpc) is 2.65. The van der Waals surface area contributed by atoms with Crippen molar-refractivity contribution in [3.8, 4) is 18.3 Å². The summed E-state index contributed by atoms with van der Waals surface area (Å²) in [4.78, 5) is 13.8. The molecule has 1 heterocycles. The molecule has 0 aromatic heterocycles. The average molecular weight is 350 g/mol. The van der Waals surface area contributed by atoms with Gasteiger partial charge in [-0.2, -0.15) is 0 Å². The lowest BCUT2D eigenvalue weighted by atomic mass is 9.45. The fourth-order valence-electron chi connectivity index (χ4n) is 2.37. The Hall–Kier alpha value is -1.58. The van der Waals surface area contributed by atoms with Crippen molar-refractivity contribution in [1.82, 2.24) is 4.90 Å². The highest BCUT2D eigenvalue weighted by Gasteiger charge is 2.24. The predicted octanol–water partition coefficient (Wildman–Crippen LogP) is 0.476. The summed E-state index contributed by atoms with van der Waals surface area (Å²) in [7, 11) is 0. The molecule has 0 bridgehead atoms. The third-order valence-electron chi connectivity index (χ3n) is 3.79. The minimum Gasteiger partial charge on any atom is -0.379 e. The molecular weight excluding hydrogens is 323 g/mol. The third kappa shape index (κ3) is 10.8. The van der Waals surface area contributed by atoms with E-state index in [-0.39, 0.29) is 12.6 Å². The van der Waals surface area contributed by atoms with Crippen molar-refractivity contribution in [2.45, 2.75) is 19.1 Å². The number of terminal acetylenes is 1. The largest absolute Gasteiger partial charge is 0.379 e. The number of hydrogen-bond acceptors (Lipinski definition) is 6. The van der Waals surface area contributed by atoms with E-state index >= 15 is 0 Å².